The van der Waals surface area contributed by atoms with Crippen LogP contribution >= 0.6 is 0 Å². The quantitative estimate of drug-likeness (QED) is 0.679. The first kappa shape index (κ1) is 15.0. The Morgan fingerprint density at radius 1 is 1.25 bits per heavy atom. The van der Waals surface area contributed by atoms with E-state index in [0.29, 0.717) is 26.2 Å². The van der Waals surface area contributed by atoms with E-state index >= 15 is 0 Å². The van der Waals surface area contributed by atoms with Gasteiger partial charge in [0.1, 0.15) is 5.82 Å². The highest BCUT2D eigenvalue weighted by Crippen LogP contribution is 2.38. The molecule has 1 heterocycles. The number of benzene rings is 1. The summed E-state index contributed by atoms with van der Waals surface area (Å²) in [6, 6.07) is 2.29. The number of nitrogens with zero attached hydrogens (tertiary/aromatic N) is 1. The number of halogens is 4. The van der Waals surface area contributed by atoms with Crippen molar-refractivity contribution in [1.82, 2.24) is 10.2 Å². The molecule has 0 amide bonds. The zero-order chi connectivity index (χ0) is 14.8. The summed E-state index contributed by atoms with van der Waals surface area (Å²) in [6.45, 7) is 6.03. The van der Waals surface area contributed by atoms with Crippen LogP contribution in [-0.2, 0) is 6.18 Å². The normalized spacial score (nSPS) is 18.8. The van der Waals surface area contributed by atoms with Crippen LogP contribution in [0.1, 0.15) is 17.2 Å². The van der Waals surface area contributed by atoms with Gasteiger partial charge in [-0.15, -0.1) is 6.58 Å². The Hall–Kier alpha value is -1.40. The third-order valence-corrected chi connectivity index (χ3v) is 3.42. The molecule has 1 aromatic rings. The van der Waals surface area contributed by atoms with Crippen LogP contribution < -0.4 is 5.32 Å². The summed E-state index contributed by atoms with van der Waals surface area (Å²) in [5, 5.41) is 3.11. The molecule has 20 heavy (non-hydrogen) atoms. The second-order valence-corrected chi connectivity index (χ2v) is 4.67. The molecule has 0 spiro atoms. The lowest BCUT2D eigenvalue weighted by Gasteiger charge is -2.34. The third kappa shape index (κ3) is 3.02. The van der Waals surface area contributed by atoms with Gasteiger partial charge in [-0.1, -0.05) is 12.1 Å². The van der Waals surface area contributed by atoms with Crippen molar-refractivity contribution in [2.75, 3.05) is 26.2 Å². The van der Waals surface area contributed by atoms with Crippen LogP contribution in [0.5, 0.6) is 0 Å². The lowest BCUT2D eigenvalue weighted by atomic mass is 9.97. The Kier molecular flexibility index (Phi) is 4.45. The zero-order valence-electron chi connectivity index (χ0n) is 10.9. The lowest BCUT2D eigenvalue weighted by Crippen LogP contribution is -2.45. The number of piperazine rings is 1. The average Bonchev–Trinajstić information content (AvgIpc) is 2.41. The van der Waals surface area contributed by atoms with Gasteiger partial charge in [-0.05, 0) is 12.1 Å². The molecule has 0 saturated carbocycles. The molecular weight excluding hydrogens is 272 g/mol. The molecular formula is C14H16F4N2. The first-order chi connectivity index (χ1) is 9.45. The summed E-state index contributed by atoms with van der Waals surface area (Å²) in [5.74, 6) is -0.844. The molecule has 1 aliphatic heterocycles. The van der Waals surface area contributed by atoms with E-state index in [9.17, 15) is 17.6 Å². The number of hydrogen-bond acceptors (Lipinski definition) is 2. The second-order valence-electron chi connectivity index (χ2n) is 4.67. The van der Waals surface area contributed by atoms with Gasteiger partial charge < -0.3 is 5.32 Å². The predicted octanol–water partition coefficient (Wildman–Crippen LogP) is 2.98. The molecule has 0 aliphatic carbocycles. The Bertz CT molecular complexity index is 479. The molecule has 1 saturated heterocycles. The van der Waals surface area contributed by atoms with Crippen LogP contribution in [0.25, 0.3) is 0 Å². The van der Waals surface area contributed by atoms with E-state index < -0.39 is 23.6 Å². The molecule has 1 aromatic carbocycles. The molecule has 0 unspecified atom stereocenters. The zero-order valence-corrected chi connectivity index (χ0v) is 10.9. The summed E-state index contributed by atoms with van der Waals surface area (Å²) in [6.07, 6.45) is -3.20. The van der Waals surface area contributed by atoms with Crippen molar-refractivity contribution < 1.29 is 17.6 Å². The van der Waals surface area contributed by atoms with Crippen molar-refractivity contribution >= 4 is 0 Å². The van der Waals surface area contributed by atoms with Gasteiger partial charge in [0.15, 0.2) is 0 Å². The van der Waals surface area contributed by atoms with Crippen molar-refractivity contribution in [2.45, 2.75) is 12.2 Å². The maximum atomic E-state index is 14.0. The monoisotopic (exact) mass is 288 g/mol. The SMILES string of the molecule is C=C[C@H](c1c(F)cccc1C(F)(F)F)N1CCNCC1. The van der Waals surface area contributed by atoms with E-state index in [1.165, 1.54) is 6.08 Å². The summed E-state index contributed by atoms with van der Waals surface area (Å²) < 4.78 is 53.2. The van der Waals surface area contributed by atoms with Crippen LogP contribution in [-0.4, -0.2) is 31.1 Å². The van der Waals surface area contributed by atoms with Crippen LogP contribution in [0.3, 0.4) is 0 Å². The molecule has 1 fully saturated rings. The third-order valence-electron chi connectivity index (χ3n) is 3.42. The molecule has 0 aromatic heterocycles. The molecule has 6 heteroatoms. The predicted molar refractivity (Wildman–Crippen MR) is 68.8 cm³/mol. The highest BCUT2D eigenvalue weighted by Gasteiger charge is 2.37. The molecule has 1 aliphatic rings. The van der Waals surface area contributed by atoms with E-state index in [4.69, 9.17) is 0 Å². The number of nitrogens with one attached hydrogen (secondary N) is 1. The Labute approximate surface area is 115 Å². The first-order valence-electron chi connectivity index (χ1n) is 6.38. The van der Waals surface area contributed by atoms with Crippen LogP contribution in [0.2, 0.25) is 0 Å². The molecule has 0 bridgehead atoms. The molecule has 110 valence electrons. The lowest BCUT2D eigenvalue weighted by molar-refractivity contribution is -0.138. The van der Waals surface area contributed by atoms with Gasteiger partial charge in [0, 0.05) is 31.7 Å². The summed E-state index contributed by atoms with van der Waals surface area (Å²) in [4.78, 5) is 1.80. The van der Waals surface area contributed by atoms with Gasteiger partial charge in [-0.25, -0.2) is 4.39 Å². The van der Waals surface area contributed by atoms with Crippen molar-refractivity contribution in [3.63, 3.8) is 0 Å². The molecule has 1 N–H and O–H groups in total. The van der Waals surface area contributed by atoms with Crippen molar-refractivity contribution in [1.29, 1.82) is 0 Å². The Balaban J connectivity index is 2.45. The summed E-state index contributed by atoms with van der Waals surface area (Å²) in [5.41, 5.74) is -1.27. The van der Waals surface area contributed by atoms with Gasteiger partial charge in [0.25, 0.3) is 0 Å². The Morgan fingerprint density at radius 2 is 1.90 bits per heavy atom. The first-order valence-corrected chi connectivity index (χ1v) is 6.38. The van der Waals surface area contributed by atoms with Crippen molar-refractivity contribution in [2.24, 2.45) is 0 Å². The maximum absolute atomic E-state index is 14.0. The fourth-order valence-electron chi connectivity index (χ4n) is 2.49. The van der Waals surface area contributed by atoms with E-state index in [1.54, 1.807) is 4.90 Å². The van der Waals surface area contributed by atoms with Crippen molar-refractivity contribution in [3.8, 4) is 0 Å². The molecule has 0 radical (unpaired) electrons. The largest absolute Gasteiger partial charge is 0.416 e. The van der Waals surface area contributed by atoms with Gasteiger partial charge in [-0.3, -0.25) is 4.90 Å². The van der Waals surface area contributed by atoms with Gasteiger partial charge in [0.05, 0.1) is 11.6 Å². The van der Waals surface area contributed by atoms with Gasteiger partial charge in [0.2, 0.25) is 0 Å². The Morgan fingerprint density at radius 3 is 2.45 bits per heavy atom. The van der Waals surface area contributed by atoms with E-state index in [1.807, 2.05) is 0 Å². The summed E-state index contributed by atoms with van der Waals surface area (Å²) >= 11 is 0. The van der Waals surface area contributed by atoms with Crippen LogP contribution in [0, 0.1) is 5.82 Å². The summed E-state index contributed by atoms with van der Waals surface area (Å²) in [7, 11) is 0. The second kappa shape index (κ2) is 5.93. The number of rotatable bonds is 3. The van der Waals surface area contributed by atoms with Gasteiger partial charge in [-0.2, -0.15) is 13.2 Å². The average molecular weight is 288 g/mol. The fourth-order valence-corrected chi connectivity index (χ4v) is 2.49. The standard InChI is InChI=1S/C14H16F4N2/c1-2-12(20-8-6-19-7-9-20)13-10(14(16,17)18)4-3-5-11(13)15/h2-5,12,19H,1,6-9H2/t12-/m1/s1. The number of alkyl halides is 3. The van der Waals surface area contributed by atoms with Gasteiger partial charge >= 0.3 is 6.18 Å². The molecule has 2 rings (SSSR count). The van der Waals surface area contributed by atoms with E-state index in [2.05, 4.69) is 11.9 Å². The minimum atomic E-state index is -4.58. The van der Waals surface area contributed by atoms with E-state index in [-0.39, 0.29) is 5.56 Å². The minimum absolute atomic E-state index is 0.336. The smallest absolute Gasteiger partial charge is 0.314 e. The van der Waals surface area contributed by atoms with Crippen molar-refractivity contribution in [3.05, 3.63) is 47.8 Å². The van der Waals surface area contributed by atoms with E-state index in [0.717, 1.165) is 18.2 Å². The highest BCUT2D eigenvalue weighted by atomic mass is 19.4. The topological polar surface area (TPSA) is 15.3 Å². The fraction of sp³-hybridized carbons (Fsp3) is 0.429. The molecule has 1 atom stereocenters. The highest BCUT2D eigenvalue weighted by molar-refractivity contribution is 5.36. The molecule has 2 nitrogen and oxygen atoms in total. The minimum Gasteiger partial charge on any atom is -0.314 e. The van der Waals surface area contributed by atoms with Crippen LogP contribution in [0.4, 0.5) is 17.6 Å². The van der Waals surface area contributed by atoms with Crippen LogP contribution in [0.15, 0.2) is 30.9 Å². The number of hydrogen-bond donors (Lipinski definition) is 1. The maximum Gasteiger partial charge on any atom is 0.416 e.